The van der Waals surface area contributed by atoms with Gasteiger partial charge >= 0.3 is 5.92 Å². The Bertz CT molecular complexity index is 836. The van der Waals surface area contributed by atoms with Gasteiger partial charge in [0.15, 0.2) is 0 Å². The molecule has 1 N–H and O–H groups in total. The highest BCUT2D eigenvalue weighted by molar-refractivity contribution is 5.34. The van der Waals surface area contributed by atoms with E-state index in [1.807, 2.05) is 0 Å². The Morgan fingerprint density at radius 2 is 1.64 bits per heavy atom. The van der Waals surface area contributed by atoms with Crippen LogP contribution in [0.2, 0.25) is 0 Å². The molecular formula is C22H26F2N2O2. The van der Waals surface area contributed by atoms with Gasteiger partial charge in [-0.1, -0.05) is 18.9 Å². The lowest BCUT2D eigenvalue weighted by Crippen LogP contribution is -2.43. The average molecular weight is 388 g/mol. The Balaban J connectivity index is 1.36. The fourth-order valence-electron chi connectivity index (χ4n) is 4.35. The minimum Gasteiger partial charge on any atom is -0.490 e. The van der Waals surface area contributed by atoms with Crippen LogP contribution in [0.15, 0.2) is 47.3 Å². The SMILES string of the molecule is O=c1cccc(C(F)(F)c2ccc(OC3CCN(C4CCCC4)CC3)cc2)[nH]1. The van der Waals surface area contributed by atoms with Gasteiger partial charge < -0.3 is 14.6 Å². The first-order chi connectivity index (χ1) is 13.5. The molecule has 2 fully saturated rings. The zero-order valence-corrected chi connectivity index (χ0v) is 15.9. The molecular weight excluding hydrogens is 362 g/mol. The number of piperidine rings is 1. The zero-order chi connectivity index (χ0) is 19.6. The lowest BCUT2D eigenvalue weighted by Gasteiger charge is -2.36. The second-order valence-corrected chi connectivity index (χ2v) is 7.82. The smallest absolute Gasteiger partial charge is 0.312 e. The number of aromatic nitrogens is 1. The monoisotopic (exact) mass is 388 g/mol. The molecule has 4 nitrogen and oxygen atoms in total. The summed E-state index contributed by atoms with van der Waals surface area (Å²) in [6.45, 7) is 2.10. The number of rotatable bonds is 5. The van der Waals surface area contributed by atoms with Crippen LogP contribution in [-0.2, 0) is 5.92 Å². The lowest BCUT2D eigenvalue weighted by atomic mass is 10.0. The summed E-state index contributed by atoms with van der Waals surface area (Å²) < 4.78 is 35.3. The van der Waals surface area contributed by atoms with Gasteiger partial charge in [-0.05, 0) is 56.0 Å². The molecule has 2 aliphatic rings. The molecule has 150 valence electrons. The highest BCUT2D eigenvalue weighted by atomic mass is 19.3. The molecule has 4 rings (SSSR count). The van der Waals surface area contributed by atoms with Gasteiger partial charge in [-0.25, -0.2) is 0 Å². The number of halogens is 2. The normalized spacial score (nSPS) is 19.8. The number of ether oxygens (including phenoxy) is 1. The van der Waals surface area contributed by atoms with Crippen LogP contribution in [0.5, 0.6) is 5.75 Å². The van der Waals surface area contributed by atoms with Crippen molar-refractivity contribution in [2.24, 2.45) is 0 Å². The van der Waals surface area contributed by atoms with Gasteiger partial charge in [0.2, 0.25) is 5.56 Å². The number of nitrogens with zero attached hydrogens (tertiary/aromatic N) is 1. The van der Waals surface area contributed by atoms with E-state index in [4.69, 9.17) is 4.74 Å². The summed E-state index contributed by atoms with van der Waals surface area (Å²) in [6, 6.07) is 10.4. The number of pyridine rings is 1. The molecule has 28 heavy (non-hydrogen) atoms. The standard InChI is InChI=1S/C22H26F2N2O2/c23-22(24,20-6-3-7-21(27)25-20)16-8-10-18(11-9-16)28-19-12-14-26(15-13-19)17-4-1-2-5-17/h3,6-11,17,19H,1-2,4-5,12-15H2,(H,25,27). The molecule has 0 amide bonds. The summed E-state index contributed by atoms with van der Waals surface area (Å²) in [5.74, 6) is -2.65. The van der Waals surface area contributed by atoms with Crippen molar-refractivity contribution in [2.45, 2.75) is 56.6 Å². The van der Waals surface area contributed by atoms with Crippen LogP contribution in [0.3, 0.4) is 0 Å². The van der Waals surface area contributed by atoms with Crippen molar-refractivity contribution in [1.29, 1.82) is 0 Å². The number of H-pyrrole nitrogens is 1. The number of alkyl halides is 2. The van der Waals surface area contributed by atoms with Crippen molar-refractivity contribution in [3.8, 4) is 5.75 Å². The van der Waals surface area contributed by atoms with Crippen molar-refractivity contribution in [1.82, 2.24) is 9.88 Å². The molecule has 0 bridgehead atoms. The van der Waals surface area contributed by atoms with Crippen molar-refractivity contribution in [2.75, 3.05) is 13.1 Å². The highest BCUT2D eigenvalue weighted by Crippen LogP contribution is 2.35. The summed E-state index contributed by atoms with van der Waals surface area (Å²) in [7, 11) is 0. The van der Waals surface area contributed by atoms with Crippen LogP contribution in [-0.4, -0.2) is 35.1 Å². The van der Waals surface area contributed by atoms with Gasteiger partial charge in [0.25, 0.3) is 0 Å². The number of likely N-dealkylation sites (tertiary alicyclic amines) is 1. The van der Waals surface area contributed by atoms with E-state index >= 15 is 0 Å². The zero-order valence-electron chi connectivity index (χ0n) is 15.9. The molecule has 1 saturated heterocycles. The number of benzene rings is 1. The average Bonchev–Trinajstić information content (AvgIpc) is 3.24. The molecule has 6 heteroatoms. The van der Waals surface area contributed by atoms with Crippen molar-refractivity contribution in [3.05, 3.63) is 64.1 Å². The van der Waals surface area contributed by atoms with Crippen LogP contribution in [0.25, 0.3) is 0 Å². The first kappa shape index (κ1) is 19.1. The van der Waals surface area contributed by atoms with Gasteiger partial charge in [0.05, 0.1) is 5.69 Å². The summed E-state index contributed by atoms with van der Waals surface area (Å²) in [5, 5.41) is 0. The lowest BCUT2D eigenvalue weighted by molar-refractivity contribution is 0.0376. The minimum absolute atomic E-state index is 0.134. The van der Waals surface area contributed by atoms with Crippen LogP contribution < -0.4 is 10.3 Å². The molecule has 1 aliphatic heterocycles. The topological polar surface area (TPSA) is 45.3 Å². The van der Waals surface area contributed by atoms with E-state index < -0.39 is 17.2 Å². The maximum Gasteiger partial charge on any atom is 0.312 e. The first-order valence-corrected chi connectivity index (χ1v) is 10.1. The maximum atomic E-state index is 14.6. The molecule has 1 aromatic carbocycles. The van der Waals surface area contributed by atoms with Crippen LogP contribution in [0.4, 0.5) is 8.78 Å². The Morgan fingerprint density at radius 1 is 0.964 bits per heavy atom. The van der Waals surface area contributed by atoms with E-state index in [1.54, 1.807) is 12.1 Å². The van der Waals surface area contributed by atoms with Gasteiger partial charge in [-0.15, -0.1) is 0 Å². The Morgan fingerprint density at radius 3 is 2.29 bits per heavy atom. The van der Waals surface area contributed by atoms with E-state index in [0.29, 0.717) is 5.75 Å². The third kappa shape index (κ3) is 4.12. The highest BCUT2D eigenvalue weighted by Gasteiger charge is 2.35. The van der Waals surface area contributed by atoms with Gasteiger partial charge in [0, 0.05) is 30.8 Å². The number of nitrogens with one attached hydrogen (secondary N) is 1. The summed E-state index contributed by atoms with van der Waals surface area (Å²) >= 11 is 0. The number of hydrogen-bond donors (Lipinski definition) is 1. The molecule has 1 aromatic heterocycles. The maximum absolute atomic E-state index is 14.6. The quantitative estimate of drug-likeness (QED) is 0.831. The predicted octanol–water partition coefficient (Wildman–Crippen LogP) is 4.30. The first-order valence-electron chi connectivity index (χ1n) is 10.1. The molecule has 0 atom stereocenters. The summed E-state index contributed by atoms with van der Waals surface area (Å²) in [4.78, 5) is 16.1. The molecule has 1 aliphatic carbocycles. The molecule has 0 spiro atoms. The molecule has 2 heterocycles. The van der Waals surface area contributed by atoms with Crippen LogP contribution in [0.1, 0.15) is 49.8 Å². The van der Waals surface area contributed by atoms with E-state index in [2.05, 4.69) is 9.88 Å². The number of aromatic amines is 1. The second-order valence-electron chi connectivity index (χ2n) is 7.82. The molecule has 2 aromatic rings. The number of hydrogen-bond acceptors (Lipinski definition) is 3. The van der Waals surface area contributed by atoms with Crippen LogP contribution >= 0.6 is 0 Å². The Kier molecular flexibility index (Phi) is 5.49. The van der Waals surface area contributed by atoms with Crippen LogP contribution in [0, 0.1) is 0 Å². The van der Waals surface area contributed by atoms with Gasteiger partial charge in [-0.3, -0.25) is 4.79 Å². The predicted molar refractivity (Wildman–Crippen MR) is 104 cm³/mol. The van der Waals surface area contributed by atoms with Gasteiger partial charge in [-0.2, -0.15) is 8.78 Å². The summed E-state index contributed by atoms with van der Waals surface area (Å²) in [5.41, 5.74) is -1.12. The van der Waals surface area contributed by atoms with E-state index in [-0.39, 0.29) is 11.7 Å². The van der Waals surface area contributed by atoms with E-state index in [9.17, 15) is 13.6 Å². The minimum atomic E-state index is -3.26. The van der Waals surface area contributed by atoms with E-state index in [0.717, 1.165) is 32.0 Å². The summed E-state index contributed by atoms with van der Waals surface area (Å²) in [6.07, 6.45) is 7.39. The molecule has 0 radical (unpaired) electrons. The van der Waals surface area contributed by atoms with E-state index in [1.165, 1.54) is 56.0 Å². The largest absolute Gasteiger partial charge is 0.490 e. The fraction of sp³-hybridized carbons (Fsp3) is 0.500. The second kappa shape index (κ2) is 8.03. The van der Waals surface area contributed by atoms with Crippen molar-refractivity contribution < 1.29 is 13.5 Å². The third-order valence-corrected chi connectivity index (χ3v) is 5.94. The fourth-order valence-corrected chi connectivity index (χ4v) is 4.35. The Hall–Kier alpha value is -2.21. The van der Waals surface area contributed by atoms with Crippen molar-refractivity contribution >= 4 is 0 Å². The third-order valence-electron chi connectivity index (χ3n) is 5.94. The van der Waals surface area contributed by atoms with Crippen molar-refractivity contribution in [3.63, 3.8) is 0 Å². The molecule has 1 saturated carbocycles. The molecule has 0 unspecified atom stereocenters. The Labute approximate surface area is 163 Å². The van der Waals surface area contributed by atoms with Gasteiger partial charge in [0.1, 0.15) is 11.9 Å².